The number of fused-ring (bicyclic) bond motifs is 1. The van der Waals surface area contributed by atoms with E-state index in [1.807, 2.05) is 6.07 Å². The molecule has 1 aromatic carbocycles. The number of thiophene rings is 1. The van der Waals surface area contributed by atoms with Crippen LogP contribution in [0.25, 0.3) is 11.0 Å². The van der Waals surface area contributed by atoms with Crippen molar-refractivity contribution in [1.82, 2.24) is 5.32 Å². The van der Waals surface area contributed by atoms with Crippen molar-refractivity contribution in [3.05, 3.63) is 58.0 Å². The summed E-state index contributed by atoms with van der Waals surface area (Å²) in [6, 6.07) is 10.7. The summed E-state index contributed by atoms with van der Waals surface area (Å²) in [7, 11) is 0. The normalized spacial score (nSPS) is 12.9. The molecule has 2 heterocycles. The van der Waals surface area contributed by atoms with Crippen LogP contribution in [0.5, 0.6) is 0 Å². The van der Waals surface area contributed by atoms with Crippen LogP contribution in [0.3, 0.4) is 0 Å². The molecule has 2 nitrogen and oxygen atoms in total. The van der Waals surface area contributed by atoms with E-state index in [2.05, 4.69) is 54.2 Å². The molecular weight excluding hydrogens is 278 g/mol. The lowest BCUT2D eigenvalue weighted by Gasteiger charge is -2.12. The molecule has 0 amide bonds. The molecule has 0 saturated carbocycles. The van der Waals surface area contributed by atoms with Gasteiger partial charge in [0.05, 0.1) is 6.04 Å². The molecule has 1 atom stereocenters. The second-order valence-electron chi connectivity index (χ2n) is 5.35. The van der Waals surface area contributed by atoms with Gasteiger partial charge in [-0.2, -0.15) is 11.3 Å². The Morgan fingerprint density at radius 3 is 2.86 bits per heavy atom. The fourth-order valence-electron chi connectivity index (χ4n) is 2.79. The molecule has 3 rings (SSSR count). The SMILES string of the molecule is CCc1c(C(C)NCCc2ccsc2)oc2ccccc12. The highest BCUT2D eigenvalue weighted by atomic mass is 32.1. The van der Waals surface area contributed by atoms with E-state index in [4.69, 9.17) is 4.42 Å². The van der Waals surface area contributed by atoms with Crippen molar-refractivity contribution in [2.24, 2.45) is 0 Å². The summed E-state index contributed by atoms with van der Waals surface area (Å²) in [4.78, 5) is 0. The van der Waals surface area contributed by atoms with E-state index in [-0.39, 0.29) is 6.04 Å². The molecular formula is C18H21NOS. The number of rotatable bonds is 6. The molecule has 3 aromatic rings. The predicted molar refractivity (Wildman–Crippen MR) is 90.0 cm³/mol. The zero-order chi connectivity index (χ0) is 14.7. The first-order valence-corrected chi connectivity index (χ1v) is 8.48. The van der Waals surface area contributed by atoms with Gasteiger partial charge in [0.1, 0.15) is 11.3 Å². The second kappa shape index (κ2) is 6.46. The minimum Gasteiger partial charge on any atom is -0.459 e. The van der Waals surface area contributed by atoms with Gasteiger partial charge < -0.3 is 9.73 Å². The first kappa shape index (κ1) is 14.4. The third-order valence-electron chi connectivity index (χ3n) is 3.92. The van der Waals surface area contributed by atoms with E-state index >= 15 is 0 Å². The molecule has 0 radical (unpaired) electrons. The first-order chi connectivity index (χ1) is 10.3. The molecule has 0 aliphatic carbocycles. The standard InChI is InChI=1S/C18H21NOS/c1-3-15-16-6-4-5-7-17(16)20-18(15)13(2)19-10-8-14-9-11-21-12-14/h4-7,9,11-13,19H,3,8,10H2,1-2H3. The predicted octanol–water partition coefficient (Wildman–Crippen LogP) is 4.95. The van der Waals surface area contributed by atoms with Crippen molar-refractivity contribution >= 4 is 22.3 Å². The van der Waals surface area contributed by atoms with Crippen LogP contribution in [0.15, 0.2) is 45.5 Å². The summed E-state index contributed by atoms with van der Waals surface area (Å²) in [5, 5.41) is 9.18. The van der Waals surface area contributed by atoms with Crippen LogP contribution < -0.4 is 5.32 Å². The van der Waals surface area contributed by atoms with Gasteiger partial charge in [-0.25, -0.2) is 0 Å². The Labute approximate surface area is 129 Å². The Balaban J connectivity index is 1.73. The van der Waals surface area contributed by atoms with E-state index in [1.165, 1.54) is 16.5 Å². The Kier molecular flexibility index (Phi) is 4.42. The molecule has 0 aliphatic heterocycles. The van der Waals surface area contributed by atoms with Crippen molar-refractivity contribution in [3.63, 3.8) is 0 Å². The Morgan fingerprint density at radius 1 is 1.24 bits per heavy atom. The van der Waals surface area contributed by atoms with Crippen molar-refractivity contribution in [2.45, 2.75) is 32.7 Å². The van der Waals surface area contributed by atoms with Crippen LogP contribution in [0.1, 0.15) is 36.8 Å². The van der Waals surface area contributed by atoms with E-state index in [0.29, 0.717) is 0 Å². The lowest BCUT2D eigenvalue weighted by molar-refractivity contribution is 0.448. The zero-order valence-electron chi connectivity index (χ0n) is 12.6. The van der Waals surface area contributed by atoms with Crippen molar-refractivity contribution in [3.8, 4) is 0 Å². The minimum atomic E-state index is 0.242. The van der Waals surface area contributed by atoms with Crippen molar-refractivity contribution in [2.75, 3.05) is 6.54 Å². The van der Waals surface area contributed by atoms with Crippen LogP contribution >= 0.6 is 11.3 Å². The van der Waals surface area contributed by atoms with E-state index in [9.17, 15) is 0 Å². The third kappa shape index (κ3) is 3.04. The fourth-order valence-corrected chi connectivity index (χ4v) is 3.50. The van der Waals surface area contributed by atoms with Crippen molar-refractivity contribution in [1.29, 1.82) is 0 Å². The van der Waals surface area contributed by atoms with Gasteiger partial charge in [-0.05, 0) is 54.8 Å². The largest absolute Gasteiger partial charge is 0.459 e. The van der Waals surface area contributed by atoms with Crippen LogP contribution in [0.4, 0.5) is 0 Å². The number of para-hydroxylation sites is 1. The van der Waals surface area contributed by atoms with Crippen LogP contribution in [-0.2, 0) is 12.8 Å². The molecule has 0 saturated heterocycles. The molecule has 0 spiro atoms. The summed E-state index contributed by atoms with van der Waals surface area (Å²) in [5.74, 6) is 1.09. The Bertz CT molecular complexity index is 699. The summed E-state index contributed by atoms with van der Waals surface area (Å²) in [6.45, 7) is 5.35. The molecule has 1 N–H and O–H groups in total. The molecule has 110 valence electrons. The summed E-state index contributed by atoms with van der Waals surface area (Å²) >= 11 is 1.76. The Hall–Kier alpha value is -1.58. The lowest BCUT2D eigenvalue weighted by Crippen LogP contribution is -2.21. The number of nitrogens with one attached hydrogen (secondary N) is 1. The summed E-state index contributed by atoms with van der Waals surface area (Å²) in [6.07, 6.45) is 2.07. The molecule has 0 fully saturated rings. The minimum absolute atomic E-state index is 0.242. The molecule has 0 bridgehead atoms. The third-order valence-corrected chi connectivity index (χ3v) is 4.65. The van der Waals surface area contributed by atoms with E-state index in [0.717, 1.165) is 30.7 Å². The highest BCUT2D eigenvalue weighted by Gasteiger charge is 2.17. The van der Waals surface area contributed by atoms with Crippen LogP contribution in [0, 0.1) is 0 Å². The molecule has 21 heavy (non-hydrogen) atoms. The van der Waals surface area contributed by atoms with Gasteiger partial charge in [-0.1, -0.05) is 25.1 Å². The monoisotopic (exact) mass is 299 g/mol. The van der Waals surface area contributed by atoms with Crippen LogP contribution in [-0.4, -0.2) is 6.54 Å². The average Bonchev–Trinajstić information content (AvgIpc) is 3.13. The molecule has 1 unspecified atom stereocenters. The Morgan fingerprint density at radius 2 is 2.10 bits per heavy atom. The quantitative estimate of drug-likeness (QED) is 0.696. The lowest BCUT2D eigenvalue weighted by atomic mass is 10.0. The average molecular weight is 299 g/mol. The highest BCUT2D eigenvalue weighted by molar-refractivity contribution is 7.07. The number of hydrogen-bond donors (Lipinski definition) is 1. The van der Waals surface area contributed by atoms with E-state index < -0.39 is 0 Å². The maximum absolute atomic E-state index is 6.08. The maximum atomic E-state index is 6.08. The second-order valence-corrected chi connectivity index (χ2v) is 6.13. The zero-order valence-corrected chi connectivity index (χ0v) is 13.4. The topological polar surface area (TPSA) is 25.2 Å². The van der Waals surface area contributed by atoms with Gasteiger partial charge >= 0.3 is 0 Å². The van der Waals surface area contributed by atoms with Crippen molar-refractivity contribution < 1.29 is 4.42 Å². The fraction of sp³-hybridized carbons (Fsp3) is 0.333. The van der Waals surface area contributed by atoms with Gasteiger partial charge in [0.15, 0.2) is 0 Å². The molecule has 0 aliphatic rings. The number of benzene rings is 1. The van der Waals surface area contributed by atoms with Crippen LogP contribution in [0.2, 0.25) is 0 Å². The van der Waals surface area contributed by atoms with Gasteiger partial charge in [-0.3, -0.25) is 0 Å². The maximum Gasteiger partial charge on any atom is 0.134 e. The molecule has 2 aromatic heterocycles. The van der Waals surface area contributed by atoms with E-state index in [1.54, 1.807) is 11.3 Å². The number of hydrogen-bond acceptors (Lipinski definition) is 3. The van der Waals surface area contributed by atoms with Gasteiger partial charge in [0.25, 0.3) is 0 Å². The first-order valence-electron chi connectivity index (χ1n) is 7.54. The highest BCUT2D eigenvalue weighted by Crippen LogP contribution is 2.30. The summed E-state index contributed by atoms with van der Waals surface area (Å²) < 4.78 is 6.08. The number of aryl methyl sites for hydroxylation is 1. The number of furan rings is 1. The van der Waals surface area contributed by atoms with Gasteiger partial charge in [0.2, 0.25) is 0 Å². The summed E-state index contributed by atoms with van der Waals surface area (Å²) in [5.41, 5.74) is 3.73. The van der Waals surface area contributed by atoms with Gasteiger partial charge in [-0.15, -0.1) is 0 Å². The smallest absolute Gasteiger partial charge is 0.134 e. The van der Waals surface area contributed by atoms with Gasteiger partial charge in [0, 0.05) is 10.9 Å². The molecule has 3 heteroatoms.